The highest BCUT2D eigenvalue weighted by molar-refractivity contribution is 7.11. The summed E-state index contributed by atoms with van der Waals surface area (Å²) >= 11 is 1.37. The minimum atomic E-state index is -4.82. The lowest BCUT2D eigenvalue weighted by atomic mass is 10.0. The Labute approximate surface area is 204 Å². The Morgan fingerprint density at radius 1 is 1.20 bits per heavy atom. The number of aromatic nitrogens is 4. The summed E-state index contributed by atoms with van der Waals surface area (Å²) in [7, 11) is 0. The third-order valence-corrected chi connectivity index (χ3v) is 6.43. The molecule has 8 nitrogen and oxygen atoms in total. The van der Waals surface area contributed by atoms with Crippen LogP contribution >= 0.6 is 11.3 Å². The molecule has 0 N–H and O–H groups in total. The van der Waals surface area contributed by atoms with Gasteiger partial charge in [0.05, 0.1) is 6.42 Å². The maximum absolute atomic E-state index is 13.0. The fourth-order valence-corrected chi connectivity index (χ4v) is 4.99. The van der Waals surface area contributed by atoms with Crippen LogP contribution in [0.1, 0.15) is 35.0 Å². The van der Waals surface area contributed by atoms with Crippen molar-refractivity contribution in [2.24, 2.45) is 5.92 Å². The normalized spacial score (nSPS) is 16.9. The smallest absolute Gasteiger partial charge is 0.406 e. The number of benzene rings is 1. The maximum Gasteiger partial charge on any atom is 0.573 e. The topological polar surface area (TPSA) is 90.3 Å². The molecular weight excluding hydrogens is 483 g/mol. The third kappa shape index (κ3) is 6.95. The third-order valence-electron chi connectivity index (χ3n) is 5.49. The molecular formula is C23H24F3N5O3S. The summed E-state index contributed by atoms with van der Waals surface area (Å²) in [5.41, 5.74) is 0.290. The van der Waals surface area contributed by atoms with Crippen molar-refractivity contribution in [3.05, 3.63) is 58.2 Å². The van der Waals surface area contributed by atoms with Gasteiger partial charge in [-0.25, -0.2) is 0 Å². The van der Waals surface area contributed by atoms with E-state index < -0.39 is 18.2 Å². The number of halogens is 3. The molecule has 4 rings (SSSR count). The SMILES string of the molecule is CCO[C@@H](C(=O)Cc1nnc(C[C@@H]2CCN(c3cccnn3)C2)s1)c1cccc(OC(F)(F)F)c1. The largest absolute Gasteiger partial charge is 0.573 e. The molecule has 1 fully saturated rings. The van der Waals surface area contributed by atoms with Gasteiger partial charge in [-0.2, -0.15) is 5.10 Å². The van der Waals surface area contributed by atoms with E-state index >= 15 is 0 Å². The van der Waals surface area contributed by atoms with Gasteiger partial charge in [-0.1, -0.05) is 12.1 Å². The molecule has 0 aliphatic carbocycles. The molecule has 2 aromatic heterocycles. The summed E-state index contributed by atoms with van der Waals surface area (Å²) in [5.74, 6) is 0.525. The minimum Gasteiger partial charge on any atom is -0.406 e. The molecule has 0 unspecified atom stereocenters. The predicted octanol–water partition coefficient (Wildman–Crippen LogP) is 4.19. The number of hydrogen-bond donors (Lipinski definition) is 0. The predicted molar refractivity (Wildman–Crippen MR) is 122 cm³/mol. The average Bonchev–Trinajstić information content (AvgIpc) is 3.47. The second-order valence-corrected chi connectivity index (χ2v) is 9.22. The average molecular weight is 508 g/mol. The second-order valence-electron chi connectivity index (χ2n) is 8.08. The first-order chi connectivity index (χ1) is 16.8. The van der Waals surface area contributed by atoms with Gasteiger partial charge in [-0.3, -0.25) is 4.79 Å². The first-order valence-corrected chi connectivity index (χ1v) is 12.0. The molecule has 12 heteroatoms. The molecule has 35 heavy (non-hydrogen) atoms. The number of anilines is 1. The molecule has 186 valence electrons. The lowest BCUT2D eigenvalue weighted by Crippen LogP contribution is -2.21. The van der Waals surface area contributed by atoms with Crippen molar-refractivity contribution in [2.75, 3.05) is 24.6 Å². The summed E-state index contributed by atoms with van der Waals surface area (Å²) < 4.78 is 47.3. The first kappa shape index (κ1) is 25.0. The van der Waals surface area contributed by atoms with E-state index in [1.807, 2.05) is 12.1 Å². The van der Waals surface area contributed by atoms with Crippen molar-refractivity contribution in [1.82, 2.24) is 20.4 Å². The van der Waals surface area contributed by atoms with Gasteiger partial charge in [0.1, 0.15) is 21.9 Å². The highest BCUT2D eigenvalue weighted by Crippen LogP contribution is 2.29. The molecule has 0 radical (unpaired) electrons. The van der Waals surface area contributed by atoms with E-state index in [0.717, 1.165) is 36.8 Å². The van der Waals surface area contributed by atoms with Crippen LogP contribution in [0.4, 0.5) is 19.0 Å². The highest BCUT2D eigenvalue weighted by Gasteiger charge is 2.32. The molecule has 1 aliphatic rings. The van der Waals surface area contributed by atoms with E-state index in [1.54, 1.807) is 13.1 Å². The second kappa shape index (κ2) is 11.1. The standard InChI is InChI=1S/C23H24F3N5O3S/c1-2-33-22(16-5-3-6-17(12-16)34-23(24,25)26)18(32)13-21-30-29-20(35-21)11-15-8-10-31(14-15)19-7-4-9-27-28-19/h3-7,9,12,15,22H,2,8,10-11,13-14H2,1H3/t15-,22+/m0/s1. The van der Waals surface area contributed by atoms with Gasteiger partial charge in [0.15, 0.2) is 11.6 Å². The minimum absolute atomic E-state index is 0.0247. The molecule has 1 aliphatic heterocycles. The Morgan fingerprint density at radius 2 is 2.03 bits per heavy atom. The van der Waals surface area contributed by atoms with Gasteiger partial charge in [-0.15, -0.1) is 39.8 Å². The molecule has 3 aromatic rings. The number of nitrogens with zero attached hydrogens (tertiary/aromatic N) is 5. The number of rotatable bonds is 10. The van der Waals surface area contributed by atoms with Gasteiger partial charge in [0.2, 0.25) is 0 Å². The first-order valence-electron chi connectivity index (χ1n) is 11.1. The number of alkyl halides is 3. The van der Waals surface area contributed by atoms with Crippen molar-refractivity contribution in [3.8, 4) is 5.75 Å². The molecule has 0 amide bonds. The maximum atomic E-state index is 13.0. The number of Topliss-reactive ketones (excluding diaryl/α,β-unsaturated/α-hetero) is 1. The van der Waals surface area contributed by atoms with Crippen molar-refractivity contribution in [2.45, 2.75) is 38.7 Å². The van der Waals surface area contributed by atoms with Crippen LogP contribution in [0.25, 0.3) is 0 Å². The van der Waals surface area contributed by atoms with E-state index in [-0.39, 0.29) is 18.8 Å². The number of carbonyl (C=O) groups excluding carboxylic acids is 1. The number of ether oxygens (including phenoxy) is 2. The Balaban J connectivity index is 1.37. The summed E-state index contributed by atoms with van der Waals surface area (Å²) in [6.07, 6.45) is -2.49. The van der Waals surface area contributed by atoms with Crippen LogP contribution in [0, 0.1) is 5.92 Å². The van der Waals surface area contributed by atoms with Crippen molar-refractivity contribution < 1.29 is 27.4 Å². The fraction of sp³-hybridized carbons (Fsp3) is 0.435. The monoisotopic (exact) mass is 507 g/mol. The fourth-order valence-electron chi connectivity index (χ4n) is 4.02. The Kier molecular flexibility index (Phi) is 7.91. The lowest BCUT2D eigenvalue weighted by molar-refractivity contribution is -0.274. The van der Waals surface area contributed by atoms with Crippen LogP contribution in [0.15, 0.2) is 42.6 Å². The van der Waals surface area contributed by atoms with Crippen LogP contribution < -0.4 is 9.64 Å². The zero-order valence-corrected chi connectivity index (χ0v) is 19.8. The van der Waals surface area contributed by atoms with Crippen LogP contribution in [0.5, 0.6) is 5.75 Å². The summed E-state index contributed by atoms with van der Waals surface area (Å²) in [6.45, 7) is 3.66. The quantitative estimate of drug-likeness (QED) is 0.404. The number of ketones is 1. The van der Waals surface area contributed by atoms with Crippen LogP contribution in [0.2, 0.25) is 0 Å². The molecule has 0 spiro atoms. The number of carbonyl (C=O) groups is 1. The molecule has 1 saturated heterocycles. The van der Waals surface area contributed by atoms with Gasteiger partial charge >= 0.3 is 6.36 Å². The van der Waals surface area contributed by atoms with Crippen molar-refractivity contribution in [3.63, 3.8) is 0 Å². The summed E-state index contributed by atoms with van der Waals surface area (Å²) in [4.78, 5) is 15.2. The molecule has 3 heterocycles. The summed E-state index contributed by atoms with van der Waals surface area (Å²) in [5, 5.41) is 17.9. The van der Waals surface area contributed by atoms with Gasteiger partial charge in [0.25, 0.3) is 0 Å². The van der Waals surface area contributed by atoms with Crippen LogP contribution in [0.3, 0.4) is 0 Å². The van der Waals surface area contributed by atoms with Gasteiger partial charge in [-0.05, 0) is 49.1 Å². The van der Waals surface area contributed by atoms with Crippen LogP contribution in [-0.2, 0) is 22.4 Å². The Bertz CT molecular complexity index is 1130. The molecule has 2 atom stereocenters. The number of hydrogen-bond acceptors (Lipinski definition) is 9. The lowest BCUT2D eigenvalue weighted by Gasteiger charge is -2.17. The van der Waals surface area contributed by atoms with E-state index in [4.69, 9.17) is 4.74 Å². The zero-order chi connectivity index (χ0) is 24.8. The molecule has 1 aromatic carbocycles. The molecule has 0 bridgehead atoms. The van der Waals surface area contributed by atoms with Crippen LogP contribution in [-0.4, -0.2) is 52.2 Å². The van der Waals surface area contributed by atoms with E-state index in [0.29, 0.717) is 16.5 Å². The van der Waals surface area contributed by atoms with Gasteiger partial charge < -0.3 is 14.4 Å². The molecule has 0 saturated carbocycles. The summed E-state index contributed by atoms with van der Waals surface area (Å²) in [6, 6.07) is 9.07. The Morgan fingerprint density at radius 3 is 2.77 bits per heavy atom. The van der Waals surface area contributed by atoms with Gasteiger partial charge in [0, 0.05) is 32.3 Å². The highest BCUT2D eigenvalue weighted by atomic mass is 32.1. The van der Waals surface area contributed by atoms with E-state index in [2.05, 4.69) is 30.0 Å². The van der Waals surface area contributed by atoms with E-state index in [9.17, 15) is 18.0 Å². The Hall–Kier alpha value is -3.12. The van der Waals surface area contributed by atoms with Crippen molar-refractivity contribution in [1.29, 1.82) is 0 Å². The zero-order valence-electron chi connectivity index (χ0n) is 18.9. The van der Waals surface area contributed by atoms with E-state index in [1.165, 1.54) is 35.6 Å². The van der Waals surface area contributed by atoms with Crippen molar-refractivity contribution >= 4 is 22.9 Å².